The Bertz CT molecular complexity index is 551. The van der Waals surface area contributed by atoms with Gasteiger partial charge in [0.25, 0.3) is 0 Å². The van der Waals surface area contributed by atoms with E-state index in [1.54, 1.807) is 4.90 Å². The number of carbonyl (C=O) groups is 1. The van der Waals surface area contributed by atoms with Crippen LogP contribution in [0.15, 0.2) is 18.2 Å². The first kappa shape index (κ1) is 14.4. The van der Waals surface area contributed by atoms with Crippen molar-refractivity contribution in [2.75, 3.05) is 13.1 Å². The number of hydrogen-bond acceptors (Lipinski definition) is 2. The molecule has 21 heavy (non-hydrogen) atoms. The lowest BCUT2D eigenvalue weighted by atomic mass is 9.87. The third-order valence-corrected chi connectivity index (χ3v) is 4.49. The van der Waals surface area contributed by atoms with Crippen LogP contribution in [0.2, 0.25) is 0 Å². The molecule has 2 aliphatic rings. The minimum Gasteiger partial charge on any atom is -0.335 e. The van der Waals surface area contributed by atoms with Gasteiger partial charge in [-0.1, -0.05) is 6.07 Å². The molecule has 1 unspecified atom stereocenters. The maximum atomic E-state index is 13.8. The van der Waals surface area contributed by atoms with Crippen molar-refractivity contribution >= 4 is 5.91 Å². The molecule has 1 aliphatic heterocycles. The molecule has 1 aliphatic carbocycles. The maximum absolute atomic E-state index is 13.8. The summed E-state index contributed by atoms with van der Waals surface area (Å²) in [7, 11) is 0. The van der Waals surface area contributed by atoms with Crippen molar-refractivity contribution in [2.24, 2.45) is 5.41 Å². The van der Waals surface area contributed by atoms with Crippen LogP contribution in [0.1, 0.15) is 31.7 Å². The third-order valence-electron chi connectivity index (χ3n) is 4.49. The quantitative estimate of drug-likeness (QED) is 0.925. The smallest absolute Gasteiger partial charge is 0.230 e. The van der Waals surface area contributed by atoms with Gasteiger partial charge in [0, 0.05) is 30.8 Å². The van der Waals surface area contributed by atoms with E-state index in [1.807, 2.05) is 6.92 Å². The van der Waals surface area contributed by atoms with Gasteiger partial charge in [-0.2, -0.15) is 0 Å². The summed E-state index contributed by atoms with van der Waals surface area (Å²) in [5.74, 6) is -1.09. The summed E-state index contributed by atoms with van der Waals surface area (Å²) in [6.07, 6.45) is 2.75. The Morgan fingerprint density at radius 1 is 1.43 bits per heavy atom. The fourth-order valence-electron chi connectivity index (χ4n) is 2.93. The third kappa shape index (κ3) is 2.93. The summed E-state index contributed by atoms with van der Waals surface area (Å²) in [6.45, 7) is 3.70. The second-order valence-electron chi connectivity index (χ2n) is 6.39. The number of rotatable bonds is 4. The molecule has 0 bridgehead atoms. The van der Waals surface area contributed by atoms with Gasteiger partial charge in [-0.3, -0.25) is 4.79 Å². The Kier molecular flexibility index (Phi) is 3.69. The van der Waals surface area contributed by atoms with E-state index in [9.17, 15) is 13.6 Å². The number of benzene rings is 1. The second-order valence-corrected chi connectivity index (χ2v) is 6.39. The molecule has 0 radical (unpaired) electrons. The largest absolute Gasteiger partial charge is 0.335 e. The molecule has 1 atom stereocenters. The number of amides is 1. The van der Waals surface area contributed by atoms with E-state index < -0.39 is 17.0 Å². The molecule has 1 N–H and O–H groups in total. The molecule has 1 saturated carbocycles. The Balaban J connectivity index is 1.80. The highest BCUT2D eigenvalue weighted by Gasteiger charge is 2.43. The summed E-state index contributed by atoms with van der Waals surface area (Å²) < 4.78 is 26.8. The Morgan fingerprint density at radius 2 is 2.19 bits per heavy atom. The van der Waals surface area contributed by atoms with Crippen molar-refractivity contribution in [3.8, 4) is 0 Å². The fourth-order valence-corrected chi connectivity index (χ4v) is 2.93. The van der Waals surface area contributed by atoms with Crippen LogP contribution in [0.4, 0.5) is 8.78 Å². The molecule has 1 amide bonds. The Morgan fingerprint density at radius 3 is 2.76 bits per heavy atom. The molecule has 3 nitrogen and oxygen atoms in total. The molecule has 0 spiro atoms. The standard InChI is InChI=1S/C16H20F2N2O/c1-16(6-7-19-10-16)15(21)20(13-4-5-13)9-11-2-3-12(17)8-14(11)18/h2-3,8,13,19H,4-7,9-10H2,1H3. The van der Waals surface area contributed by atoms with Gasteiger partial charge >= 0.3 is 0 Å². The summed E-state index contributed by atoms with van der Waals surface area (Å²) in [5.41, 5.74) is -0.0229. The van der Waals surface area contributed by atoms with E-state index in [1.165, 1.54) is 12.1 Å². The molecule has 1 aromatic carbocycles. The predicted molar refractivity (Wildman–Crippen MR) is 75.5 cm³/mol. The monoisotopic (exact) mass is 294 g/mol. The zero-order valence-electron chi connectivity index (χ0n) is 12.2. The van der Waals surface area contributed by atoms with E-state index in [-0.39, 0.29) is 18.5 Å². The first-order chi connectivity index (χ1) is 9.99. The average molecular weight is 294 g/mol. The van der Waals surface area contributed by atoms with Gasteiger partial charge in [-0.25, -0.2) is 8.78 Å². The topological polar surface area (TPSA) is 32.3 Å². The lowest BCUT2D eigenvalue weighted by Crippen LogP contribution is -2.44. The second kappa shape index (κ2) is 5.37. The molecule has 1 heterocycles. The molecule has 114 valence electrons. The molecule has 0 aromatic heterocycles. The van der Waals surface area contributed by atoms with Crippen molar-refractivity contribution < 1.29 is 13.6 Å². The van der Waals surface area contributed by atoms with Gasteiger partial charge in [0.1, 0.15) is 11.6 Å². The van der Waals surface area contributed by atoms with E-state index in [4.69, 9.17) is 0 Å². The van der Waals surface area contributed by atoms with Gasteiger partial charge in [-0.15, -0.1) is 0 Å². The lowest BCUT2D eigenvalue weighted by molar-refractivity contribution is -0.141. The number of nitrogens with one attached hydrogen (secondary N) is 1. The lowest BCUT2D eigenvalue weighted by Gasteiger charge is -2.31. The molecule has 3 rings (SSSR count). The predicted octanol–water partition coefficient (Wildman–Crippen LogP) is 2.46. The van der Waals surface area contributed by atoms with Gasteiger partial charge in [0.15, 0.2) is 0 Å². The first-order valence-electron chi connectivity index (χ1n) is 7.45. The molecular formula is C16H20F2N2O. The molecule has 2 fully saturated rings. The van der Waals surface area contributed by atoms with Gasteiger partial charge in [-0.05, 0) is 38.8 Å². The van der Waals surface area contributed by atoms with Crippen molar-refractivity contribution in [1.29, 1.82) is 0 Å². The summed E-state index contributed by atoms with van der Waals surface area (Å²) >= 11 is 0. The highest BCUT2D eigenvalue weighted by atomic mass is 19.1. The minimum absolute atomic E-state index is 0.0822. The number of halogens is 2. The zero-order chi connectivity index (χ0) is 15.0. The van der Waals surface area contributed by atoms with Crippen LogP contribution in [-0.2, 0) is 11.3 Å². The zero-order valence-corrected chi connectivity index (χ0v) is 12.2. The van der Waals surface area contributed by atoms with Crippen LogP contribution >= 0.6 is 0 Å². The Labute approximate surface area is 123 Å². The SMILES string of the molecule is CC1(C(=O)N(Cc2ccc(F)cc2F)C2CC2)CCNC1. The van der Waals surface area contributed by atoms with Crippen LogP contribution in [-0.4, -0.2) is 29.9 Å². The van der Waals surface area contributed by atoms with Crippen LogP contribution in [0.3, 0.4) is 0 Å². The normalized spacial score (nSPS) is 25.1. The van der Waals surface area contributed by atoms with Crippen molar-refractivity contribution in [3.63, 3.8) is 0 Å². The highest BCUT2D eigenvalue weighted by molar-refractivity contribution is 5.83. The van der Waals surface area contributed by atoms with Crippen LogP contribution in [0.5, 0.6) is 0 Å². The molecular weight excluding hydrogens is 274 g/mol. The number of carbonyl (C=O) groups excluding carboxylic acids is 1. The van der Waals surface area contributed by atoms with Crippen molar-refractivity contribution in [2.45, 2.75) is 38.8 Å². The Hall–Kier alpha value is -1.49. The van der Waals surface area contributed by atoms with Gasteiger partial charge in [0.05, 0.1) is 5.41 Å². The number of nitrogens with zero attached hydrogens (tertiary/aromatic N) is 1. The van der Waals surface area contributed by atoms with Crippen LogP contribution in [0.25, 0.3) is 0 Å². The average Bonchev–Trinajstić information content (AvgIpc) is 3.19. The van der Waals surface area contributed by atoms with Gasteiger partial charge < -0.3 is 10.2 Å². The van der Waals surface area contributed by atoms with Crippen molar-refractivity contribution in [3.05, 3.63) is 35.4 Å². The van der Waals surface area contributed by atoms with E-state index in [0.29, 0.717) is 12.1 Å². The van der Waals surface area contributed by atoms with Crippen molar-refractivity contribution in [1.82, 2.24) is 10.2 Å². The number of hydrogen-bond donors (Lipinski definition) is 1. The van der Waals surface area contributed by atoms with E-state index in [2.05, 4.69) is 5.32 Å². The van der Waals surface area contributed by atoms with Gasteiger partial charge in [0.2, 0.25) is 5.91 Å². The fraction of sp³-hybridized carbons (Fsp3) is 0.562. The first-order valence-corrected chi connectivity index (χ1v) is 7.45. The maximum Gasteiger partial charge on any atom is 0.230 e. The van der Waals surface area contributed by atoms with E-state index >= 15 is 0 Å². The summed E-state index contributed by atoms with van der Waals surface area (Å²) in [4.78, 5) is 14.6. The van der Waals surface area contributed by atoms with Crippen LogP contribution in [0, 0.1) is 17.0 Å². The summed E-state index contributed by atoms with van der Waals surface area (Å²) in [6, 6.07) is 3.76. The van der Waals surface area contributed by atoms with E-state index in [0.717, 1.165) is 31.9 Å². The summed E-state index contributed by atoms with van der Waals surface area (Å²) in [5, 5.41) is 3.22. The minimum atomic E-state index is -0.590. The molecule has 1 saturated heterocycles. The highest BCUT2D eigenvalue weighted by Crippen LogP contribution is 2.35. The molecule has 1 aromatic rings. The molecule has 5 heteroatoms. The van der Waals surface area contributed by atoms with Crippen LogP contribution < -0.4 is 5.32 Å².